The van der Waals surface area contributed by atoms with E-state index < -0.39 is 0 Å². The summed E-state index contributed by atoms with van der Waals surface area (Å²) < 4.78 is 0. The van der Waals surface area contributed by atoms with Crippen molar-refractivity contribution >= 4 is 11.6 Å². The van der Waals surface area contributed by atoms with Crippen LogP contribution >= 0.6 is 0 Å². The Morgan fingerprint density at radius 1 is 1.11 bits per heavy atom. The molecular weight excluding hydrogens is 226 g/mol. The monoisotopic (exact) mass is 245 g/mol. The second-order valence-electron chi connectivity index (χ2n) is 5.31. The number of rotatable bonds is 4. The predicted molar refractivity (Wildman–Crippen MR) is 70.6 cm³/mol. The van der Waals surface area contributed by atoms with Crippen molar-refractivity contribution in [2.24, 2.45) is 0 Å². The molecule has 0 aromatic carbocycles. The number of carbonyl (C=O) groups is 1. The summed E-state index contributed by atoms with van der Waals surface area (Å²) in [6, 6.07) is 4.71. The van der Waals surface area contributed by atoms with E-state index in [1.807, 2.05) is 6.07 Å². The highest BCUT2D eigenvalue weighted by molar-refractivity contribution is 5.92. The van der Waals surface area contributed by atoms with E-state index in [1.165, 1.54) is 25.7 Å². The topological polar surface area (TPSA) is 54.0 Å². The molecule has 1 amide bonds. The fourth-order valence-electron chi connectivity index (χ4n) is 2.41. The highest BCUT2D eigenvalue weighted by atomic mass is 16.1. The van der Waals surface area contributed by atoms with Crippen molar-refractivity contribution in [1.82, 2.24) is 10.3 Å². The van der Waals surface area contributed by atoms with E-state index in [4.69, 9.17) is 0 Å². The maximum Gasteiger partial charge on any atom is 0.270 e. The van der Waals surface area contributed by atoms with Gasteiger partial charge in [-0.25, -0.2) is 4.98 Å². The average molecular weight is 245 g/mol. The zero-order chi connectivity index (χ0) is 12.4. The fourth-order valence-corrected chi connectivity index (χ4v) is 2.41. The van der Waals surface area contributed by atoms with Gasteiger partial charge in [0.2, 0.25) is 0 Å². The highest BCUT2D eigenvalue weighted by Gasteiger charge is 2.21. The first kappa shape index (κ1) is 11.5. The Kier molecular flexibility index (Phi) is 3.17. The number of nitrogens with zero attached hydrogens (tertiary/aromatic N) is 1. The first-order chi connectivity index (χ1) is 8.81. The molecule has 0 bridgehead atoms. The van der Waals surface area contributed by atoms with Crippen molar-refractivity contribution < 1.29 is 4.79 Å². The molecule has 1 aromatic heterocycles. The summed E-state index contributed by atoms with van der Waals surface area (Å²) in [6.07, 6.45) is 8.89. The number of carbonyl (C=O) groups excluding carboxylic acids is 1. The van der Waals surface area contributed by atoms with E-state index in [9.17, 15) is 4.79 Å². The van der Waals surface area contributed by atoms with Crippen LogP contribution < -0.4 is 10.6 Å². The number of aromatic nitrogens is 1. The van der Waals surface area contributed by atoms with Gasteiger partial charge >= 0.3 is 0 Å². The molecular formula is C14H19N3O. The van der Waals surface area contributed by atoms with Crippen LogP contribution in [0.15, 0.2) is 18.3 Å². The van der Waals surface area contributed by atoms with Crippen molar-refractivity contribution in [1.29, 1.82) is 0 Å². The molecule has 18 heavy (non-hydrogen) atoms. The van der Waals surface area contributed by atoms with Gasteiger partial charge in [-0.2, -0.15) is 0 Å². The lowest BCUT2D eigenvalue weighted by Gasteiger charge is -2.11. The lowest BCUT2D eigenvalue weighted by atomic mass is 10.2. The van der Waals surface area contributed by atoms with E-state index in [2.05, 4.69) is 15.6 Å². The number of hydrogen-bond donors (Lipinski definition) is 2. The summed E-state index contributed by atoms with van der Waals surface area (Å²) in [7, 11) is 0. The molecule has 1 aromatic rings. The lowest BCUT2D eigenvalue weighted by molar-refractivity contribution is 0.0933. The van der Waals surface area contributed by atoms with Gasteiger partial charge < -0.3 is 10.6 Å². The molecule has 0 aliphatic heterocycles. The quantitative estimate of drug-likeness (QED) is 0.856. The van der Waals surface area contributed by atoms with E-state index in [1.54, 1.807) is 12.3 Å². The average Bonchev–Trinajstić information content (AvgIpc) is 3.04. The van der Waals surface area contributed by atoms with Crippen molar-refractivity contribution in [3.63, 3.8) is 0 Å². The van der Waals surface area contributed by atoms with Gasteiger partial charge in [0.25, 0.3) is 5.91 Å². The second-order valence-corrected chi connectivity index (χ2v) is 5.31. The summed E-state index contributed by atoms with van der Waals surface area (Å²) in [4.78, 5) is 16.2. The van der Waals surface area contributed by atoms with Crippen LogP contribution in [-0.2, 0) is 0 Å². The summed E-state index contributed by atoms with van der Waals surface area (Å²) >= 11 is 0. The third kappa shape index (κ3) is 2.81. The maximum atomic E-state index is 12.0. The Labute approximate surface area is 107 Å². The van der Waals surface area contributed by atoms with E-state index in [-0.39, 0.29) is 5.91 Å². The van der Waals surface area contributed by atoms with Crippen LogP contribution in [0.1, 0.15) is 49.0 Å². The summed E-state index contributed by atoms with van der Waals surface area (Å²) in [5.74, 6) is -0.0418. The third-order valence-electron chi connectivity index (χ3n) is 3.63. The molecule has 2 fully saturated rings. The summed E-state index contributed by atoms with van der Waals surface area (Å²) in [6.45, 7) is 0. The van der Waals surface area contributed by atoms with Crippen LogP contribution in [0.4, 0.5) is 5.69 Å². The van der Waals surface area contributed by atoms with Crippen LogP contribution in [0, 0.1) is 0 Å². The smallest absolute Gasteiger partial charge is 0.270 e. The molecule has 2 aliphatic carbocycles. The molecule has 4 nitrogen and oxygen atoms in total. The minimum Gasteiger partial charge on any atom is -0.381 e. The van der Waals surface area contributed by atoms with Crippen LogP contribution in [0.3, 0.4) is 0 Å². The Bertz CT molecular complexity index is 419. The van der Waals surface area contributed by atoms with Gasteiger partial charge in [0.1, 0.15) is 5.69 Å². The van der Waals surface area contributed by atoms with Gasteiger partial charge in [-0.3, -0.25) is 4.79 Å². The number of anilines is 1. The molecule has 0 spiro atoms. The van der Waals surface area contributed by atoms with Gasteiger partial charge in [0.05, 0.1) is 11.9 Å². The molecule has 1 heterocycles. The van der Waals surface area contributed by atoms with Crippen LogP contribution in [0.25, 0.3) is 0 Å². The largest absolute Gasteiger partial charge is 0.381 e. The second kappa shape index (κ2) is 4.96. The van der Waals surface area contributed by atoms with Crippen molar-refractivity contribution in [2.75, 3.05) is 5.32 Å². The minimum absolute atomic E-state index is 0.0418. The van der Waals surface area contributed by atoms with Crippen molar-refractivity contribution in [3.05, 3.63) is 24.0 Å². The predicted octanol–water partition coefficient (Wildman–Crippen LogP) is 2.33. The van der Waals surface area contributed by atoms with Crippen LogP contribution in [-0.4, -0.2) is 23.0 Å². The number of hydrogen-bond acceptors (Lipinski definition) is 3. The standard InChI is InChI=1S/C14H19N3O/c18-14(17-10-3-1-2-4-10)13-8-7-12(9-15-13)16-11-5-6-11/h7-11,16H,1-6H2,(H,17,18). The first-order valence-electron chi connectivity index (χ1n) is 6.85. The highest BCUT2D eigenvalue weighted by Crippen LogP contribution is 2.24. The molecule has 0 atom stereocenters. The zero-order valence-corrected chi connectivity index (χ0v) is 10.5. The minimum atomic E-state index is -0.0418. The van der Waals surface area contributed by atoms with Gasteiger partial charge in [-0.1, -0.05) is 12.8 Å². The Morgan fingerprint density at radius 2 is 1.89 bits per heavy atom. The lowest BCUT2D eigenvalue weighted by Crippen LogP contribution is -2.33. The summed E-state index contributed by atoms with van der Waals surface area (Å²) in [5.41, 5.74) is 1.53. The fraction of sp³-hybridized carbons (Fsp3) is 0.571. The van der Waals surface area contributed by atoms with Crippen molar-refractivity contribution in [2.45, 2.75) is 50.6 Å². The molecule has 2 aliphatic rings. The molecule has 4 heteroatoms. The maximum absolute atomic E-state index is 12.0. The van der Waals surface area contributed by atoms with Gasteiger partial charge in [0.15, 0.2) is 0 Å². The zero-order valence-electron chi connectivity index (χ0n) is 10.5. The molecule has 2 N–H and O–H groups in total. The Morgan fingerprint density at radius 3 is 2.50 bits per heavy atom. The number of pyridine rings is 1. The van der Waals surface area contributed by atoms with Gasteiger partial charge in [-0.15, -0.1) is 0 Å². The molecule has 0 saturated heterocycles. The van der Waals surface area contributed by atoms with E-state index >= 15 is 0 Å². The van der Waals surface area contributed by atoms with Crippen molar-refractivity contribution in [3.8, 4) is 0 Å². The molecule has 0 unspecified atom stereocenters. The Hall–Kier alpha value is -1.58. The van der Waals surface area contributed by atoms with E-state index in [0.29, 0.717) is 17.8 Å². The van der Waals surface area contributed by atoms with Gasteiger partial charge in [0, 0.05) is 12.1 Å². The number of nitrogens with one attached hydrogen (secondary N) is 2. The normalized spacial score (nSPS) is 19.8. The van der Waals surface area contributed by atoms with E-state index in [0.717, 1.165) is 18.5 Å². The molecule has 3 rings (SSSR count). The van der Waals surface area contributed by atoms with Gasteiger partial charge in [-0.05, 0) is 37.8 Å². The third-order valence-corrected chi connectivity index (χ3v) is 3.63. The summed E-state index contributed by atoms with van der Waals surface area (Å²) in [5, 5.41) is 6.41. The molecule has 0 radical (unpaired) electrons. The first-order valence-corrected chi connectivity index (χ1v) is 6.85. The SMILES string of the molecule is O=C(NC1CCCC1)c1ccc(NC2CC2)cn1. The Balaban J connectivity index is 1.58. The van der Waals surface area contributed by atoms with Crippen LogP contribution in [0.5, 0.6) is 0 Å². The molecule has 96 valence electrons. The molecule has 2 saturated carbocycles. The number of amides is 1. The van der Waals surface area contributed by atoms with Crippen LogP contribution in [0.2, 0.25) is 0 Å².